The fraction of sp³-hybridized carbons (Fsp3) is 0.0769. The highest BCUT2D eigenvalue weighted by Gasteiger charge is 2.20. The number of nitrogens with two attached hydrogens (primary N) is 1. The molecule has 0 spiro atoms. The molecule has 2 aromatic rings. The molecule has 7 heteroatoms. The van der Waals surface area contributed by atoms with E-state index in [4.69, 9.17) is 17.3 Å². The largest absolute Gasteiger partial charge is 0.396 e. The Morgan fingerprint density at radius 2 is 1.80 bits per heavy atom. The van der Waals surface area contributed by atoms with Crippen LogP contribution in [0.1, 0.15) is 5.56 Å². The van der Waals surface area contributed by atoms with Crippen molar-refractivity contribution in [1.82, 2.24) is 0 Å². The molecular weight excluding hydrogens is 308 g/mol. The van der Waals surface area contributed by atoms with Gasteiger partial charge in [0.2, 0.25) is 0 Å². The zero-order valence-corrected chi connectivity index (χ0v) is 11.7. The van der Waals surface area contributed by atoms with Crippen molar-refractivity contribution in [3.8, 4) is 0 Å². The number of rotatable bonds is 3. The first kappa shape index (κ1) is 14.7. The average Bonchev–Trinajstić information content (AvgIpc) is 2.37. The molecular formula is C13H10ClF2NO2S. The third kappa shape index (κ3) is 2.91. The van der Waals surface area contributed by atoms with E-state index in [-0.39, 0.29) is 21.2 Å². The summed E-state index contributed by atoms with van der Waals surface area (Å²) in [6.45, 7) is 0. The predicted octanol–water partition coefficient (Wildman–Crippen LogP) is 3.17. The Kier molecular flexibility index (Phi) is 3.96. The number of halogens is 3. The van der Waals surface area contributed by atoms with Gasteiger partial charge in [0.15, 0.2) is 9.84 Å². The number of nitrogen functional groups attached to an aromatic ring is 1. The molecule has 0 aliphatic heterocycles. The van der Waals surface area contributed by atoms with E-state index >= 15 is 0 Å². The van der Waals surface area contributed by atoms with Crippen molar-refractivity contribution in [2.75, 3.05) is 5.73 Å². The summed E-state index contributed by atoms with van der Waals surface area (Å²) in [6, 6.07) is 6.99. The number of hydrogen-bond acceptors (Lipinski definition) is 3. The van der Waals surface area contributed by atoms with Crippen molar-refractivity contribution in [1.29, 1.82) is 0 Å². The van der Waals surface area contributed by atoms with Crippen LogP contribution in [0.2, 0.25) is 5.02 Å². The second kappa shape index (κ2) is 5.38. The molecule has 0 aliphatic rings. The van der Waals surface area contributed by atoms with Crippen molar-refractivity contribution < 1.29 is 17.2 Å². The highest BCUT2D eigenvalue weighted by Crippen LogP contribution is 2.25. The van der Waals surface area contributed by atoms with E-state index in [0.29, 0.717) is 0 Å². The lowest BCUT2D eigenvalue weighted by molar-refractivity contribution is 0.584. The van der Waals surface area contributed by atoms with Crippen LogP contribution in [0.25, 0.3) is 0 Å². The highest BCUT2D eigenvalue weighted by molar-refractivity contribution is 7.90. The summed E-state index contributed by atoms with van der Waals surface area (Å²) >= 11 is 5.78. The number of sulfone groups is 1. The molecule has 0 saturated heterocycles. The van der Waals surface area contributed by atoms with Crippen LogP contribution in [0, 0.1) is 11.6 Å². The van der Waals surface area contributed by atoms with Crippen LogP contribution in [0.5, 0.6) is 0 Å². The Bertz CT molecular complexity index is 743. The molecule has 2 aromatic carbocycles. The van der Waals surface area contributed by atoms with Gasteiger partial charge in [-0.05, 0) is 30.3 Å². The molecule has 0 fully saturated rings. The quantitative estimate of drug-likeness (QED) is 0.884. The summed E-state index contributed by atoms with van der Waals surface area (Å²) in [5, 5.41) is 0.00416. The smallest absolute Gasteiger partial charge is 0.182 e. The fourth-order valence-corrected chi connectivity index (χ4v) is 3.35. The molecule has 20 heavy (non-hydrogen) atoms. The van der Waals surface area contributed by atoms with E-state index in [9.17, 15) is 17.2 Å². The predicted molar refractivity (Wildman–Crippen MR) is 73.1 cm³/mol. The maximum atomic E-state index is 13.6. The molecule has 0 radical (unpaired) electrons. The van der Waals surface area contributed by atoms with Crippen LogP contribution < -0.4 is 5.73 Å². The van der Waals surface area contributed by atoms with Gasteiger partial charge in [-0.2, -0.15) is 0 Å². The summed E-state index contributed by atoms with van der Waals surface area (Å²) in [5.74, 6) is -2.22. The normalized spacial score (nSPS) is 11.6. The Hall–Kier alpha value is -1.66. The molecule has 0 unspecified atom stereocenters. The third-order valence-corrected chi connectivity index (χ3v) is 4.72. The van der Waals surface area contributed by atoms with Gasteiger partial charge in [-0.25, -0.2) is 17.2 Å². The summed E-state index contributed by atoms with van der Waals surface area (Å²) in [7, 11) is -3.92. The third-order valence-electron chi connectivity index (χ3n) is 2.73. The monoisotopic (exact) mass is 317 g/mol. The van der Waals surface area contributed by atoms with Crippen LogP contribution in [-0.2, 0) is 15.6 Å². The van der Waals surface area contributed by atoms with Gasteiger partial charge in [-0.15, -0.1) is 0 Å². The van der Waals surface area contributed by atoms with Gasteiger partial charge >= 0.3 is 0 Å². The van der Waals surface area contributed by atoms with E-state index in [2.05, 4.69) is 0 Å². The van der Waals surface area contributed by atoms with Gasteiger partial charge < -0.3 is 5.73 Å². The topological polar surface area (TPSA) is 60.2 Å². The second-order valence-electron chi connectivity index (χ2n) is 4.14. The Balaban J connectivity index is 2.43. The van der Waals surface area contributed by atoms with Crippen molar-refractivity contribution in [3.05, 3.63) is 58.6 Å². The van der Waals surface area contributed by atoms with Crippen LogP contribution in [-0.4, -0.2) is 8.42 Å². The van der Waals surface area contributed by atoms with Crippen LogP contribution in [0.3, 0.4) is 0 Å². The molecule has 0 bridgehead atoms. The zero-order chi connectivity index (χ0) is 14.9. The van der Waals surface area contributed by atoms with Crippen LogP contribution in [0.4, 0.5) is 14.5 Å². The Morgan fingerprint density at radius 3 is 2.40 bits per heavy atom. The van der Waals surface area contributed by atoms with Gasteiger partial charge in [0, 0.05) is 10.6 Å². The molecule has 0 heterocycles. The first-order valence-electron chi connectivity index (χ1n) is 5.52. The minimum Gasteiger partial charge on any atom is -0.396 e. The Labute approximate surface area is 119 Å². The standard InChI is InChI=1S/C13H10ClF2NO2S/c14-10-2-1-3-11(15)9(10)7-20(18,19)8-4-5-13(17)12(16)6-8/h1-6H,7,17H2. The molecule has 2 N–H and O–H groups in total. The summed E-state index contributed by atoms with van der Waals surface area (Å²) in [6.07, 6.45) is 0. The molecule has 0 saturated carbocycles. The maximum absolute atomic E-state index is 13.6. The molecule has 2 rings (SSSR count). The van der Waals surface area contributed by atoms with Gasteiger partial charge in [0.25, 0.3) is 0 Å². The van der Waals surface area contributed by atoms with Crippen LogP contribution in [0.15, 0.2) is 41.3 Å². The van der Waals surface area contributed by atoms with E-state index in [1.165, 1.54) is 18.2 Å². The fourth-order valence-electron chi connectivity index (χ4n) is 1.64. The van der Waals surface area contributed by atoms with Crippen molar-refractivity contribution >= 4 is 27.1 Å². The molecule has 0 aromatic heterocycles. The van der Waals surface area contributed by atoms with Crippen molar-refractivity contribution in [3.63, 3.8) is 0 Å². The summed E-state index contributed by atoms with van der Waals surface area (Å²) < 4.78 is 51.2. The minimum atomic E-state index is -3.92. The van der Waals surface area contributed by atoms with E-state index in [1.54, 1.807) is 0 Å². The minimum absolute atomic E-state index is 0.00416. The van der Waals surface area contributed by atoms with Crippen LogP contribution >= 0.6 is 11.6 Å². The lowest BCUT2D eigenvalue weighted by atomic mass is 10.2. The number of benzene rings is 2. The van der Waals surface area contributed by atoms with E-state index in [0.717, 1.165) is 18.2 Å². The highest BCUT2D eigenvalue weighted by atomic mass is 35.5. The van der Waals surface area contributed by atoms with Crippen molar-refractivity contribution in [2.45, 2.75) is 10.6 Å². The SMILES string of the molecule is Nc1ccc(S(=O)(=O)Cc2c(F)cccc2Cl)cc1F. The first-order valence-corrected chi connectivity index (χ1v) is 7.55. The molecule has 3 nitrogen and oxygen atoms in total. The van der Waals surface area contributed by atoms with Crippen molar-refractivity contribution in [2.24, 2.45) is 0 Å². The average molecular weight is 318 g/mol. The molecule has 0 amide bonds. The van der Waals surface area contributed by atoms with Gasteiger partial charge in [0.1, 0.15) is 11.6 Å². The van der Waals surface area contributed by atoms with E-state index in [1.807, 2.05) is 0 Å². The van der Waals surface area contributed by atoms with Gasteiger partial charge in [0.05, 0.1) is 16.3 Å². The number of anilines is 1. The lowest BCUT2D eigenvalue weighted by Gasteiger charge is -2.08. The summed E-state index contributed by atoms with van der Waals surface area (Å²) in [4.78, 5) is -0.275. The maximum Gasteiger partial charge on any atom is 0.182 e. The Morgan fingerprint density at radius 1 is 1.10 bits per heavy atom. The van der Waals surface area contributed by atoms with Gasteiger partial charge in [-0.3, -0.25) is 0 Å². The molecule has 106 valence electrons. The number of hydrogen-bond donors (Lipinski definition) is 1. The summed E-state index contributed by atoms with van der Waals surface area (Å²) in [5.41, 5.74) is 4.98. The zero-order valence-electron chi connectivity index (χ0n) is 10.1. The van der Waals surface area contributed by atoms with Gasteiger partial charge in [-0.1, -0.05) is 17.7 Å². The second-order valence-corrected chi connectivity index (χ2v) is 6.54. The molecule has 0 aliphatic carbocycles. The molecule has 0 atom stereocenters. The van der Waals surface area contributed by atoms with E-state index < -0.39 is 27.2 Å². The first-order chi connectivity index (χ1) is 9.31. The lowest BCUT2D eigenvalue weighted by Crippen LogP contribution is -2.08.